The second kappa shape index (κ2) is 35.4. The predicted molar refractivity (Wildman–Crippen MR) is 446 cm³/mol. The van der Waals surface area contributed by atoms with Gasteiger partial charge in [-0.1, -0.05) is 256 Å². The Kier molecular flexibility index (Phi) is 26.0. The van der Waals surface area contributed by atoms with E-state index in [-0.39, 0.29) is 23.7 Å². The molecule has 0 bridgehead atoms. The van der Waals surface area contributed by atoms with Gasteiger partial charge in [-0.15, -0.1) is 0 Å². The molecule has 0 aliphatic rings. The molecular weight excluding hydrogens is 1270 g/mol. The third-order valence-corrected chi connectivity index (χ3v) is 23.0. The molecule has 10 aromatic carbocycles. The summed E-state index contributed by atoms with van der Waals surface area (Å²) in [7, 11) is 3.77. The van der Waals surface area contributed by atoms with Gasteiger partial charge in [-0.25, -0.2) is 9.13 Å². The van der Waals surface area contributed by atoms with E-state index in [0.717, 1.165) is 126 Å². The van der Waals surface area contributed by atoms with Gasteiger partial charge in [-0.2, -0.15) is 0 Å². The number of aromatic nitrogens is 2. The molecule has 546 valence electrons. The predicted octanol–water partition coefficient (Wildman–Crippen LogP) is 24.5. The Morgan fingerprint density at radius 1 is 0.238 bits per heavy atom. The monoisotopic (exact) mass is 1390 g/mol. The molecule has 1 aromatic heterocycles. The first-order valence-corrected chi connectivity index (χ1v) is 40.6. The number of ether oxygens (including phenoxy) is 2. The number of nitrogens with zero attached hydrogens (tertiary/aromatic N) is 2. The molecule has 0 amide bonds. The van der Waals surface area contributed by atoms with Gasteiger partial charge in [0.1, 0.15) is 35.3 Å². The lowest BCUT2D eigenvalue weighted by atomic mass is 9.76. The molecule has 0 saturated heterocycles. The van der Waals surface area contributed by atoms with Crippen LogP contribution in [0.25, 0.3) is 11.4 Å². The molecule has 11 rings (SSSR count). The van der Waals surface area contributed by atoms with Gasteiger partial charge in [0.15, 0.2) is 0 Å². The Bertz CT molecular complexity index is 3850. The molecule has 0 radical (unpaired) electrons. The fraction of sp³-hybridized carbons (Fsp3) is 0.376. The zero-order chi connectivity index (χ0) is 74.6. The molecule has 1 heterocycles. The third kappa shape index (κ3) is 17.0. The molecular formula is C101H121N2O2+. The maximum absolute atomic E-state index is 6.84. The molecule has 0 aliphatic carbocycles. The van der Waals surface area contributed by atoms with Crippen molar-refractivity contribution in [2.24, 2.45) is 0 Å². The van der Waals surface area contributed by atoms with Crippen LogP contribution in [0.4, 0.5) is 0 Å². The van der Waals surface area contributed by atoms with Crippen LogP contribution in [-0.4, -0.2) is 18.8 Å². The van der Waals surface area contributed by atoms with Crippen LogP contribution >= 0.6 is 0 Å². The van der Waals surface area contributed by atoms with E-state index in [1.807, 2.05) is 14.2 Å². The van der Waals surface area contributed by atoms with Crippen molar-refractivity contribution in [3.05, 3.63) is 344 Å². The highest BCUT2D eigenvalue weighted by atomic mass is 16.5. The van der Waals surface area contributed by atoms with Crippen LogP contribution in [-0.2, 0) is 103 Å². The third-order valence-electron chi connectivity index (χ3n) is 23.0. The molecule has 4 nitrogen and oxygen atoms in total. The van der Waals surface area contributed by atoms with Gasteiger partial charge >= 0.3 is 0 Å². The highest BCUT2D eigenvalue weighted by Crippen LogP contribution is 2.49. The maximum atomic E-state index is 6.84. The summed E-state index contributed by atoms with van der Waals surface area (Å²) in [6, 6.07) is 69.7. The van der Waals surface area contributed by atoms with E-state index in [9.17, 15) is 0 Å². The van der Waals surface area contributed by atoms with E-state index < -0.39 is 0 Å². The number of methoxy groups -OCH3 is 2. The van der Waals surface area contributed by atoms with Crippen LogP contribution < -0.4 is 14.0 Å². The van der Waals surface area contributed by atoms with Gasteiger partial charge < -0.3 is 9.47 Å². The molecule has 0 fully saturated rings. The van der Waals surface area contributed by atoms with Crippen LogP contribution in [0.2, 0.25) is 0 Å². The molecule has 0 N–H and O–H groups in total. The minimum atomic E-state index is -0.199. The van der Waals surface area contributed by atoms with Crippen molar-refractivity contribution < 1.29 is 14.0 Å². The van der Waals surface area contributed by atoms with E-state index in [1.54, 1.807) is 0 Å². The number of benzene rings is 10. The summed E-state index contributed by atoms with van der Waals surface area (Å²) >= 11 is 0. The lowest BCUT2D eigenvalue weighted by Gasteiger charge is -2.29. The molecule has 0 spiro atoms. The van der Waals surface area contributed by atoms with Crippen molar-refractivity contribution in [1.82, 2.24) is 4.57 Å². The van der Waals surface area contributed by atoms with Gasteiger partial charge in [0.05, 0.1) is 14.2 Å². The number of aryl methyl sites for hydroxylation is 16. The Labute approximate surface area is 633 Å². The van der Waals surface area contributed by atoms with Crippen molar-refractivity contribution in [3.8, 4) is 22.9 Å². The number of hydrogen-bond donors (Lipinski definition) is 0. The van der Waals surface area contributed by atoms with Gasteiger partial charge in [0, 0.05) is 45.9 Å². The van der Waals surface area contributed by atoms with Crippen LogP contribution in [0.1, 0.15) is 290 Å². The average Bonchev–Trinajstić information content (AvgIpc) is 1.61. The van der Waals surface area contributed by atoms with Crippen molar-refractivity contribution in [3.63, 3.8) is 0 Å². The van der Waals surface area contributed by atoms with Crippen molar-refractivity contribution in [2.75, 3.05) is 14.2 Å². The van der Waals surface area contributed by atoms with Crippen molar-refractivity contribution in [1.29, 1.82) is 0 Å². The van der Waals surface area contributed by atoms with E-state index in [4.69, 9.17) is 9.47 Å². The topological polar surface area (TPSA) is 27.3 Å². The smallest absolute Gasteiger partial charge is 0.254 e. The minimum Gasteiger partial charge on any atom is -0.497 e. The average molecular weight is 1400 g/mol. The Morgan fingerprint density at radius 3 is 0.581 bits per heavy atom. The largest absolute Gasteiger partial charge is 0.497 e. The summed E-state index contributed by atoms with van der Waals surface area (Å²) < 4.78 is 18.8. The molecule has 105 heavy (non-hydrogen) atoms. The van der Waals surface area contributed by atoms with E-state index in [1.165, 1.54) is 156 Å². The van der Waals surface area contributed by atoms with Crippen LogP contribution in [0.15, 0.2) is 189 Å². The molecule has 0 aliphatic heterocycles. The van der Waals surface area contributed by atoms with Crippen molar-refractivity contribution >= 4 is 0 Å². The first kappa shape index (κ1) is 77.1. The minimum absolute atomic E-state index is 0.199. The molecule has 4 heteroatoms. The molecule has 0 unspecified atom stereocenters. The number of imidazole rings is 1. The van der Waals surface area contributed by atoms with Crippen LogP contribution in [0, 0.1) is 0 Å². The highest BCUT2D eigenvalue weighted by molar-refractivity contribution is 5.67. The molecule has 0 atom stereocenters. The summed E-state index contributed by atoms with van der Waals surface area (Å²) in [5, 5.41) is 0. The summed E-state index contributed by atoms with van der Waals surface area (Å²) in [4.78, 5) is 0. The summed E-state index contributed by atoms with van der Waals surface area (Å²) in [6.45, 7) is 37.1. The fourth-order valence-corrected chi connectivity index (χ4v) is 16.8. The highest BCUT2D eigenvalue weighted by Gasteiger charge is 2.37. The zero-order valence-electron chi connectivity index (χ0n) is 67.2. The van der Waals surface area contributed by atoms with Gasteiger partial charge in [-0.05, 0) is 261 Å². The second-order valence-corrected chi connectivity index (χ2v) is 29.6. The summed E-state index contributed by atoms with van der Waals surface area (Å²) in [5.74, 6) is 0.903. The normalized spacial score (nSPS) is 11.7. The number of rotatable bonds is 32. The second-order valence-electron chi connectivity index (χ2n) is 29.6. The number of hydrogen-bond acceptors (Lipinski definition) is 2. The lowest BCUT2D eigenvalue weighted by Crippen LogP contribution is -2.33. The van der Waals surface area contributed by atoms with Crippen LogP contribution in [0.3, 0.4) is 0 Å². The fourth-order valence-electron chi connectivity index (χ4n) is 16.8. The quantitative estimate of drug-likeness (QED) is 0.0310. The van der Waals surface area contributed by atoms with Crippen molar-refractivity contribution in [2.45, 2.75) is 237 Å². The lowest BCUT2D eigenvalue weighted by molar-refractivity contribution is -0.595. The summed E-state index contributed by atoms with van der Waals surface area (Å²) in [6.07, 6.45) is 22.2. The van der Waals surface area contributed by atoms with E-state index in [2.05, 4.69) is 308 Å². The molecule has 0 saturated carbocycles. The SMILES string of the molecule is CCc1cc(CC)cc(C(c2cc(CC)cc(CC)c2)c2cc(OC)cc(C(c3cc(CC)cc(CC)c3)c3cc(CC)cc(CC)c3)c2-n2cc[n+](-c3c(C(c4cc(CC)cc(CC)c4)c4cc(CC)cc(CC)c4)cc(OC)cc3C(c3cc(CC)cc(CC)c3)c3cc(CC)cc(CC)c3)c2)c1. The van der Waals surface area contributed by atoms with Gasteiger partial charge in [-0.3, -0.25) is 0 Å². The van der Waals surface area contributed by atoms with Crippen LogP contribution in [0.5, 0.6) is 11.5 Å². The van der Waals surface area contributed by atoms with E-state index >= 15 is 0 Å². The van der Waals surface area contributed by atoms with Gasteiger partial charge in [0.2, 0.25) is 0 Å². The first-order valence-electron chi connectivity index (χ1n) is 40.6. The molecule has 11 aromatic rings. The van der Waals surface area contributed by atoms with E-state index in [0.29, 0.717) is 0 Å². The summed E-state index contributed by atoms with van der Waals surface area (Å²) in [5.41, 5.74) is 39.2. The Balaban J connectivity index is 1.39. The first-order chi connectivity index (χ1) is 51.1. The maximum Gasteiger partial charge on any atom is 0.254 e. The Morgan fingerprint density at radius 2 is 0.410 bits per heavy atom. The zero-order valence-corrected chi connectivity index (χ0v) is 67.2. The Hall–Kier alpha value is -8.99. The van der Waals surface area contributed by atoms with Gasteiger partial charge in [0.25, 0.3) is 6.33 Å². The standard InChI is InChI=1S/C101H121N2O2/c1-19-66-37-67(20-2)46-82(45-66)96(83-47-68(21-3)38-69(22-4)48-83)92-61-90(104-17)62-93(97(84-49-70(23-5)39-71(24-6)50-84)85-51-72(25-7)40-73(26-8)52-85)100(92)102-35-36-103(65-102)101-94(98(86-53-74(27-9)41-75(28-10)54-86)87-55-76(29-11)42-77(30-12)56-87)63-91(105-18)64-95(101)99(88-57-78(31-13)43-79(32-14)58-88)89-59-80(33-15)44-81(34-16)60-89/h35-65,96-99H,19-34H2,1-18H3/q+1.